The third-order valence-electron chi connectivity index (χ3n) is 3.36. The second-order valence-corrected chi connectivity index (χ2v) is 6.11. The first-order chi connectivity index (χ1) is 11.7. The maximum atomic E-state index is 11.7. The number of benzene rings is 2. The molecule has 2 N–H and O–H groups in total. The van der Waals surface area contributed by atoms with Crippen molar-refractivity contribution in [1.82, 2.24) is 0 Å². The Morgan fingerprint density at radius 1 is 1.17 bits per heavy atom. The maximum Gasteiger partial charge on any atom is 0.286 e. The molecule has 2 aromatic carbocycles. The van der Waals surface area contributed by atoms with Crippen molar-refractivity contribution in [3.63, 3.8) is 0 Å². The van der Waals surface area contributed by atoms with E-state index in [0.29, 0.717) is 23.0 Å². The lowest BCUT2D eigenvalue weighted by Crippen LogP contribution is -2.01. The Morgan fingerprint density at radius 2 is 1.96 bits per heavy atom. The van der Waals surface area contributed by atoms with Gasteiger partial charge in [0.25, 0.3) is 5.91 Å². The first-order valence-corrected chi connectivity index (χ1v) is 8.10. The van der Waals surface area contributed by atoms with Gasteiger partial charge in [0.1, 0.15) is 6.61 Å². The molecule has 1 aliphatic heterocycles. The van der Waals surface area contributed by atoms with Crippen molar-refractivity contribution in [1.29, 1.82) is 0 Å². The number of carbonyl (C=O) groups is 1. The molecule has 0 spiro atoms. The number of ether oxygens (including phenoxy) is 2. The molecule has 0 atom stereocenters. The Balaban J connectivity index is 1.81. The highest BCUT2D eigenvalue weighted by molar-refractivity contribution is 8.18. The van der Waals surface area contributed by atoms with Crippen LogP contribution in [0.2, 0.25) is 0 Å². The molecule has 1 heterocycles. The van der Waals surface area contributed by atoms with E-state index in [2.05, 4.69) is 4.99 Å². The van der Waals surface area contributed by atoms with Gasteiger partial charge in [-0.15, -0.1) is 0 Å². The van der Waals surface area contributed by atoms with Crippen molar-refractivity contribution >= 4 is 28.9 Å². The van der Waals surface area contributed by atoms with Gasteiger partial charge in [-0.3, -0.25) is 4.79 Å². The number of hydrogen-bond acceptors (Lipinski definition) is 5. The van der Waals surface area contributed by atoms with E-state index in [1.165, 1.54) is 0 Å². The van der Waals surface area contributed by atoms with Crippen molar-refractivity contribution in [3.05, 3.63) is 64.6 Å². The fourth-order valence-corrected chi connectivity index (χ4v) is 2.89. The van der Waals surface area contributed by atoms with Crippen molar-refractivity contribution in [2.24, 2.45) is 10.7 Å². The van der Waals surface area contributed by atoms with E-state index in [9.17, 15) is 4.79 Å². The van der Waals surface area contributed by atoms with Crippen LogP contribution >= 0.6 is 11.8 Å². The van der Waals surface area contributed by atoms with Crippen molar-refractivity contribution in [2.75, 3.05) is 7.11 Å². The number of aliphatic imine (C=N–C) groups is 1. The van der Waals surface area contributed by atoms with Gasteiger partial charge in [0.2, 0.25) is 0 Å². The van der Waals surface area contributed by atoms with Crippen LogP contribution in [0.25, 0.3) is 6.08 Å². The number of methoxy groups -OCH3 is 1. The number of nitrogens with zero attached hydrogens (tertiary/aromatic N) is 1. The number of hydrogen-bond donors (Lipinski definition) is 1. The number of amidine groups is 1. The monoisotopic (exact) mass is 340 g/mol. The molecule has 0 saturated heterocycles. The Morgan fingerprint density at radius 3 is 2.62 bits per heavy atom. The molecule has 0 radical (unpaired) electrons. The maximum absolute atomic E-state index is 11.7. The highest BCUT2D eigenvalue weighted by atomic mass is 32.2. The van der Waals surface area contributed by atoms with Gasteiger partial charge in [0, 0.05) is 0 Å². The van der Waals surface area contributed by atoms with Crippen LogP contribution in [0.4, 0.5) is 0 Å². The second-order valence-electron chi connectivity index (χ2n) is 5.05. The summed E-state index contributed by atoms with van der Waals surface area (Å²) in [7, 11) is 1.59. The second kappa shape index (κ2) is 7.23. The Bertz CT molecular complexity index is 816. The van der Waals surface area contributed by atoms with Gasteiger partial charge in [-0.25, -0.2) is 0 Å². The average molecular weight is 340 g/mol. The number of rotatable bonds is 5. The summed E-state index contributed by atoms with van der Waals surface area (Å²) in [5, 5.41) is 0.264. The van der Waals surface area contributed by atoms with Crippen LogP contribution in [0, 0.1) is 0 Å². The third-order valence-corrected chi connectivity index (χ3v) is 4.17. The first-order valence-electron chi connectivity index (χ1n) is 7.28. The molecule has 0 aliphatic carbocycles. The largest absolute Gasteiger partial charge is 0.493 e. The minimum Gasteiger partial charge on any atom is -0.493 e. The molecule has 6 heteroatoms. The predicted octanol–water partition coefficient (Wildman–Crippen LogP) is 3.20. The standard InChI is InChI=1S/C18H16N2O3S/c1-22-14-8-7-13(10-16-17(21)20-18(19)24-16)9-15(14)23-11-12-5-3-2-4-6-12/h2-10H,11H2,1H3,(H2,19,20,21). The summed E-state index contributed by atoms with van der Waals surface area (Å²) in [6.45, 7) is 0.432. The van der Waals surface area contributed by atoms with Crippen molar-refractivity contribution in [3.8, 4) is 11.5 Å². The molecule has 5 nitrogen and oxygen atoms in total. The van der Waals surface area contributed by atoms with E-state index >= 15 is 0 Å². The first kappa shape index (κ1) is 16.1. The van der Waals surface area contributed by atoms with E-state index in [-0.39, 0.29) is 11.1 Å². The molecule has 0 saturated carbocycles. The van der Waals surface area contributed by atoms with Crippen LogP contribution in [-0.2, 0) is 11.4 Å². The molecule has 1 amide bonds. The highest BCUT2D eigenvalue weighted by Gasteiger charge is 2.19. The van der Waals surface area contributed by atoms with Gasteiger partial charge >= 0.3 is 0 Å². The fourth-order valence-electron chi connectivity index (χ4n) is 2.21. The molecular weight excluding hydrogens is 324 g/mol. The average Bonchev–Trinajstić information content (AvgIpc) is 2.91. The van der Waals surface area contributed by atoms with Gasteiger partial charge in [0.05, 0.1) is 12.0 Å². The summed E-state index contributed by atoms with van der Waals surface area (Å²) in [4.78, 5) is 15.9. The highest BCUT2D eigenvalue weighted by Crippen LogP contribution is 2.32. The van der Waals surface area contributed by atoms with Gasteiger partial charge in [-0.05, 0) is 41.1 Å². The van der Waals surface area contributed by atoms with Gasteiger partial charge in [-0.1, -0.05) is 36.4 Å². The van der Waals surface area contributed by atoms with E-state index in [0.717, 1.165) is 22.9 Å². The van der Waals surface area contributed by atoms with E-state index in [1.807, 2.05) is 42.5 Å². The zero-order valence-corrected chi connectivity index (χ0v) is 13.9. The number of nitrogens with two attached hydrogens (primary N) is 1. The molecule has 2 aromatic rings. The normalized spacial score (nSPS) is 15.5. The number of carbonyl (C=O) groups excluding carboxylic acids is 1. The molecule has 3 rings (SSSR count). The lowest BCUT2D eigenvalue weighted by molar-refractivity contribution is -0.113. The van der Waals surface area contributed by atoms with Crippen molar-refractivity contribution in [2.45, 2.75) is 6.61 Å². The molecule has 0 fully saturated rings. The van der Waals surface area contributed by atoms with Gasteiger partial charge < -0.3 is 15.2 Å². The molecule has 24 heavy (non-hydrogen) atoms. The topological polar surface area (TPSA) is 73.9 Å². The lowest BCUT2D eigenvalue weighted by Gasteiger charge is -2.11. The SMILES string of the molecule is COc1ccc(C=C2SC(N)=NC2=O)cc1OCc1ccccc1. The van der Waals surface area contributed by atoms with Crippen LogP contribution in [0.5, 0.6) is 11.5 Å². The fraction of sp³-hybridized carbons (Fsp3) is 0.111. The van der Waals surface area contributed by atoms with E-state index in [4.69, 9.17) is 15.2 Å². The van der Waals surface area contributed by atoms with Crippen molar-refractivity contribution < 1.29 is 14.3 Å². The summed E-state index contributed by atoms with van der Waals surface area (Å²) >= 11 is 1.16. The summed E-state index contributed by atoms with van der Waals surface area (Å²) in [6.07, 6.45) is 1.74. The number of thioether (sulfide) groups is 1. The summed E-state index contributed by atoms with van der Waals surface area (Å²) in [5.41, 5.74) is 7.44. The van der Waals surface area contributed by atoms with Gasteiger partial charge in [-0.2, -0.15) is 4.99 Å². The molecular formula is C18H16N2O3S. The van der Waals surface area contributed by atoms with Crippen LogP contribution in [0.15, 0.2) is 58.4 Å². The third kappa shape index (κ3) is 3.78. The zero-order valence-electron chi connectivity index (χ0n) is 13.1. The summed E-state index contributed by atoms with van der Waals surface area (Å²) in [6, 6.07) is 15.4. The Hall–Kier alpha value is -2.73. The van der Waals surface area contributed by atoms with Crippen LogP contribution in [0.3, 0.4) is 0 Å². The molecule has 0 bridgehead atoms. The Labute approximate surface area is 144 Å². The van der Waals surface area contributed by atoms with Crippen LogP contribution in [0.1, 0.15) is 11.1 Å². The summed E-state index contributed by atoms with van der Waals surface area (Å²) < 4.78 is 11.2. The lowest BCUT2D eigenvalue weighted by atomic mass is 10.2. The van der Waals surface area contributed by atoms with E-state index in [1.54, 1.807) is 19.3 Å². The minimum absolute atomic E-state index is 0.264. The Kier molecular flexibility index (Phi) is 4.86. The van der Waals surface area contributed by atoms with Crippen LogP contribution in [-0.4, -0.2) is 18.2 Å². The smallest absolute Gasteiger partial charge is 0.286 e. The minimum atomic E-state index is -0.319. The summed E-state index contributed by atoms with van der Waals surface area (Å²) in [5.74, 6) is 0.925. The molecule has 0 aromatic heterocycles. The van der Waals surface area contributed by atoms with Crippen LogP contribution < -0.4 is 15.2 Å². The molecule has 122 valence electrons. The predicted molar refractivity (Wildman–Crippen MR) is 96.0 cm³/mol. The zero-order chi connectivity index (χ0) is 16.9. The molecule has 0 unspecified atom stereocenters. The van der Waals surface area contributed by atoms with Gasteiger partial charge in [0.15, 0.2) is 16.7 Å². The quantitative estimate of drug-likeness (QED) is 0.846. The number of amides is 1. The van der Waals surface area contributed by atoms with E-state index < -0.39 is 0 Å². The molecule has 1 aliphatic rings.